The van der Waals surface area contributed by atoms with E-state index in [2.05, 4.69) is 35.6 Å². The number of rotatable bonds is 10. The van der Waals surface area contributed by atoms with Crippen molar-refractivity contribution in [2.24, 2.45) is 0 Å². The molecule has 0 aliphatic carbocycles. The Kier molecular flexibility index (Phi) is 8.00. The number of allylic oxidation sites excluding steroid dienone is 1. The molecule has 6 nitrogen and oxygen atoms in total. The third-order valence-corrected chi connectivity index (χ3v) is 5.79. The van der Waals surface area contributed by atoms with Crippen LogP contribution in [0.4, 0.5) is 5.69 Å². The maximum absolute atomic E-state index is 12.3. The van der Waals surface area contributed by atoms with Gasteiger partial charge < -0.3 is 9.64 Å². The van der Waals surface area contributed by atoms with Gasteiger partial charge in [-0.25, -0.2) is 13.1 Å². The monoisotopic (exact) mass is 401 g/mol. The molecule has 0 heterocycles. The summed E-state index contributed by atoms with van der Waals surface area (Å²) in [6.45, 7) is 8.84. The molecule has 2 aromatic carbocycles. The van der Waals surface area contributed by atoms with Gasteiger partial charge in [0.2, 0.25) is 0 Å². The number of anilines is 1. The number of nitrogens with zero attached hydrogens (tertiary/aromatic N) is 2. The van der Waals surface area contributed by atoms with Gasteiger partial charge in [0.1, 0.15) is 6.07 Å². The maximum atomic E-state index is 12.3. The van der Waals surface area contributed by atoms with Crippen LogP contribution < -0.4 is 9.62 Å². The summed E-state index contributed by atoms with van der Waals surface area (Å²) in [5.74, 6) is 0. The molecule has 150 valence electrons. The van der Waals surface area contributed by atoms with Crippen LogP contribution in [-0.4, -0.2) is 41.3 Å². The van der Waals surface area contributed by atoms with Crippen molar-refractivity contribution in [1.82, 2.24) is 4.72 Å². The number of sulfonamides is 1. The topological polar surface area (TPSA) is 82.4 Å². The van der Waals surface area contributed by atoms with Gasteiger partial charge in [-0.1, -0.05) is 18.2 Å². The van der Waals surface area contributed by atoms with Gasteiger partial charge >= 0.3 is 0 Å². The lowest BCUT2D eigenvalue weighted by atomic mass is 10.1. The van der Waals surface area contributed by atoms with Crippen LogP contribution in [0.5, 0.6) is 0 Å². The van der Waals surface area contributed by atoms with Gasteiger partial charge in [-0.05, 0) is 61.4 Å². The average molecular weight is 402 g/mol. The first-order valence-electron chi connectivity index (χ1n) is 9.43. The number of nitriles is 1. The predicted molar refractivity (Wildman–Crippen MR) is 115 cm³/mol. The summed E-state index contributed by atoms with van der Waals surface area (Å²) in [6, 6.07) is 13.6. The summed E-state index contributed by atoms with van der Waals surface area (Å²) in [7, 11) is -3.87. The summed E-state index contributed by atoms with van der Waals surface area (Å²) < 4.78 is 32.1. The third-order valence-electron chi connectivity index (χ3n) is 4.42. The molecular weight excluding hydrogens is 374 g/mol. The molecule has 0 atom stereocenters. The van der Waals surface area contributed by atoms with E-state index in [9.17, 15) is 13.7 Å². The Labute approximate surface area is 167 Å². The Morgan fingerprint density at radius 3 is 2.46 bits per heavy atom. The van der Waals surface area contributed by atoms with Gasteiger partial charge in [0.15, 0.2) is 4.91 Å². The second-order valence-corrected chi connectivity index (χ2v) is 7.91. The predicted octanol–water partition coefficient (Wildman–Crippen LogP) is 3.51. The SMILES string of the molecule is CCOCCNS(=O)(=O)/C(C#N)=C/c1ccc2cc(N(CC)CC)ccc2c1. The van der Waals surface area contributed by atoms with E-state index < -0.39 is 10.0 Å². The van der Waals surface area contributed by atoms with Crippen molar-refractivity contribution in [2.45, 2.75) is 20.8 Å². The van der Waals surface area contributed by atoms with Crippen LogP contribution in [-0.2, 0) is 14.8 Å². The molecule has 0 saturated heterocycles. The van der Waals surface area contributed by atoms with E-state index in [1.54, 1.807) is 6.07 Å². The van der Waals surface area contributed by atoms with Crippen LogP contribution in [0.15, 0.2) is 41.3 Å². The summed E-state index contributed by atoms with van der Waals surface area (Å²) in [5, 5.41) is 11.4. The third kappa shape index (κ3) is 5.55. The lowest BCUT2D eigenvalue weighted by Crippen LogP contribution is -2.28. The van der Waals surface area contributed by atoms with Gasteiger partial charge in [-0.3, -0.25) is 0 Å². The van der Waals surface area contributed by atoms with Crippen molar-refractivity contribution >= 4 is 32.6 Å². The van der Waals surface area contributed by atoms with Gasteiger partial charge in [-0.15, -0.1) is 0 Å². The molecule has 0 radical (unpaired) electrons. The molecule has 0 amide bonds. The minimum Gasteiger partial charge on any atom is -0.380 e. The highest BCUT2D eigenvalue weighted by atomic mass is 32.2. The van der Waals surface area contributed by atoms with E-state index in [4.69, 9.17) is 4.74 Å². The van der Waals surface area contributed by atoms with Crippen LogP contribution >= 0.6 is 0 Å². The van der Waals surface area contributed by atoms with Gasteiger partial charge in [0.25, 0.3) is 10.0 Å². The molecule has 0 spiro atoms. The first-order chi connectivity index (χ1) is 13.4. The molecule has 2 rings (SSSR count). The Morgan fingerprint density at radius 2 is 1.82 bits per heavy atom. The van der Waals surface area contributed by atoms with Crippen molar-refractivity contribution in [3.05, 3.63) is 46.9 Å². The van der Waals surface area contributed by atoms with Gasteiger partial charge in [0, 0.05) is 31.9 Å². The van der Waals surface area contributed by atoms with Crippen molar-refractivity contribution in [3.63, 3.8) is 0 Å². The highest BCUT2D eigenvalue weighted by molar-refractivity contribution is 7.93. The molecule has 2 aromatic rings. The normalized spacial score (nSPS) is 12.1. The van der Waals surface area contributed by atoms with Crippen molar-refractivity contribution in [2.75, 3.05) is 37.7 Å². The zero-order valence-electron chi connectivity index (χ0n) is 16.6. The maximum Gasteiger partial charge on any atom is 0.250 e. The molecule has 0 aromatic heterocycles. The molecule has 0 bridgehead atoms. The lowest BCUT2D eigenvalue weighted by molar-refractivity contribution is 0.153. The summed E-state index contributed by atoms with van der Waals surface area (Å²) in [5.41, 5.74) is 1.81. The van der Waals surface area contributed by atoms with Crippen LogP contribution in [0.2, 0.25) is 0 Å². The smallest absolute Gasteiger partial charge is 0.250 e. The minimum atomic E-state index is -3.87. The molecule has 0 fully saturated rings. The van der Waals surface area contributed by atoms with Crippen LogP contribution in [0.25, 0.3) is 16.8 Å². The summed E-state index contributed by atoms with van der Waals surface area (Å²) in [6.07, 6.45) is 1.39. The number of hydrogen-bond donors (Lipinski definition) is 1. The first kappa shape index (κ1) is 21.9. The Hall–Kier alpha value is -2.40. The minimum absolute atomic E-state index is 0.126. The van der Waals surface area contributed by atoms with E-state index in [-0.39, 0.29) is 18.1 Å². The zero-order valence-corrected chi connectivity index (χ0v) is 17.4. The number of fused-ring (bicyclic) bond motifs is 1. The number of hydrogen-bond acceptors (Lipinski definition) is 5. The highest BCUT2D eigenvalue weighted by Gasteiger charge is 2.17. The number of benzene rings is 2. The van der Waals surface area contributed by atoms with E-state index in [1.165, 1.54) is 6.08 Å². The molecule has 1 N–H and O–H groups in total. The highest BCUT2D eigenvalue weighted by Crippen LogP contribution is 2.24. The Morgan fingerprint density at radius 1 is 1.14 bits per heavy atom. The van der Waals surface area contributed by atoms with Crippen LogP contribution in [0, 0.1) is 11.3 Å². The zero-order chi connectivity index (χ0) is 20.6. The van der Waals surface area contributed by atoms with Crippen molar-refractivity contribution < 1.29 is 13.2 Å². The molecule has 28 heavy (non-hydrogen) atoms. The van der Waals surface area contributed by atoms with Gasteiger partial charge in [0.05, 0.1) is 6.61 Å². The number of nitrogens with one attached hydrogen (secondary N) is 1. The fraction of sp³-hybridized carbons (Fsp3) is 0.381. The van der Waals surface area contributed by atoms with Crippen molar-refractivity contribution in [1.29, 1.82) is 5.26 Å². The molecule has 0 aliphatic rings. The lowest BCUT2D eigenvalue weighted by Gasteiger charge is -2.21. The number of ether oxygens (including phenoxy) is 1. The fourth-order valence-electron chi connectivity index (χ4n) is 2.92. The quantitative estimate of drug-likeness (QED) is 0.487. The Bertz CT molecular complexity index is 974. The molecule has 0 aliphatic heterocycles. The Balaban J connectivity index is 2.28. The van der Waals surface area contributed by atoms with E-state index in [0.29, 0.717) is 12.2 Å². The van der Waals surface area contributed by atoms with E-state index in [1.807, 2.05) is 31.2 Å². The van der Waals surface area contributed by atoms with Crippen LogP contribution in [0.3, 0.4) is 0 Å². The second-order valence-electron chi connectivity index (χ2n) is 6.18. The van der Waals surface area contributed by atoms with E-state index >= 15 is 0 Å². The van der Waals surface area contributed by atoms with Crippen LogP contribution in [0.1, 0.15) is 26.3 Å². The molecule has 7 heteroatoms. The second kappa shape index (κ2) is 10.2. The van der Waals surface area contributed by atoms with E-state index in [0.717, 1.165) is 29.5 Å². The van der Waals surface area contributed by atoms with Gasteiger partial charge in [-0.2, -0.15) is 5.26 Å². The van der Waals surface area contributed by atoms with Crippen molar-refractivity contribution in [3.8, 4) is 6.07 Å². The molecular formula is C21H27N3O3S. The largest absolute Gasteiger partial charge is 0.380 e. The first-order valence-corrected chi connectivity index (χ1v) is 10.9. The molecule has 0 saturated carbocycles. The average Bonchev–Trinajstić information content (AvgIpc) is 2.70. The summed E-state index contributed by atoms with van der Waals surface area (Å²) in [4.78, 5) is 1.95. The summed E-state index contributed by atoms with van der Waals surface area (Å²) >= 11 is 0. The fourth-order valence-corrected chi connectivity index (χ4v) is 3.84. The standard InChI is InChI=1S/C21H27N3O3S/c1-4-24(5-2)20-10-9-18-13-17(7-8-19(18)15-20)14-21(16-22)28(25,26)23-11-12-27-6-3/h7-10,13-15,23H,4-6,11-12H2,1-3H3/b21-14+. The molecule has 0 unspecified atom stereocenters.